The van der Waals surface area contributed by atoms with E-state index >= 15 is 0 Å². The Labute approximate surface area is 86.1 Å². The average Bonchev–Trinajstić information content (AvgIpc) is 2.46. The number of ether oxygens (including phenoxy) is 1. The van der Waals surface area contributed by atoms with E-state index in [9.17, 15) is 4.79 Å². The van der Waals surface area contributed by atoms with Crippen LogP contribution in [0.2, 0.25) is 0 Å². The number of amides is 1. The first kappa shape index (κ1) is 10.5. The fourth-order valence-electron chi connectivity index (χ4n) is 0.950. The van der Waals surface area contributed by atoms with Crippen LogP contribution in [0.1, 0.15) is 17.4 Å². The first-order chi connectivity index (χ1) is 6.67. The lowest BCUT2D eigenvalue weighted by atomic mass is 10.3. The van der Waals surface area contributed by atoms with Crippen LogP contribution in [0.4, 0.5) is 9.80 Å². The summed E-state index contributed by atoms with van der Waals surface area (Å²) in [5.74, 6) is 0. The summed E-state index contributed by atoms with van der Waals surface area (Å²) >= 11 is 1.36. The van der Waals surface area contributed by atoms with E-state index in [0.29, 0.717) is 17.2 Å². The van der Waals surface area contributed by atoms with Crippen molar-refractivity contribution in [1.29, 1.82) is 5.26 Å². The first-order valence-electron chi connectivity index (χ1n) is 4.11. The van der Waals surface area contributed by atoms with Gasteiger partial charge in [0.05, 0.1) is 12.2 Å². The largest absolute Gasteiger partial charge is 0.450 e. The molecule has 0 bridgehead atoms. The average molecular weight is 210 g/mol. The fraction of sp³-hybridized carbons (Fsp3) is 0.333. The minimum absolute atomic E-state index is 0.318. The Morgan fingerprint density at radius 1 is 1.79 bits per heavy atom. The molecule has 1 heterocycles. The predicted molar refractivity (Wildman–Crippen MR) is 54.4 cm³/mol. The summed E-state index contributed by atoms with van der Waals surface area (Å²) < 4.78 is 4.70. The van der Waals surface area contributed by atoms with Crippen molar-refractivity contribution in [2.24, 2.45) is 0 Å². The number of nitrogens with one attached hydrogen (secondary N) is 1. The van der Waals surface area contributed by atoms with E-state index in [0.717, 1.165) is 4.88 Å². The van der Waals surface area contributed by atoms with Crippen LogP contribution in [0, 0.1) is 18.3 Å². The molecule has 0 atom stereocenters. The Hall–Kier alpha value is -1.54. The molecule has 0 fully saturated rings. The molecule has 1 aromatic rings. The molecule has 4 nitrogen and oxygen atoms in total. The summed E-state index contributed by atoms with van der Waals surface area (Å²) in [7, 11) is 0. The number of hydrogen-bond donors (Lipinski definition) is 1. The highest BCUT2D eigenvalue weighted by atomic mass is 32.1. The molecule has 74 valence electrons. The number of hydrogen-bond acceptors (Lipinski definition) is 4. The van der Waals surface area contributed by atoms with Crippen LogP contribution in [-0.4, -0.2) is 12.7 Å². The zero-order valence-corrected chi connectivity index (χ0v) is 8.77. The van der Waals surface area contributed by atoms with Gasteiger partial charge in [0.2, 0.25) is 0 Å². The summed E-state index contributed by atoms with van der Waals surface area (Å²) in [5.41, 5.74) is 0.473. The van der Waals surface area contributed by atoms with Gasteiger partial charge in [0.15, 0.2) is 0 Å². The summed E-state index contributed by atoms with van der Waals surface area (Å²) in [6.07, 6.45) is -0.522. The van der Waals surface area contributed by atoms with Crippen molar-refractivity contribution in [3.05, 3.63) is 16.5 Å². The van der Waals surface area contributed by atoms with Crippen LogP contribution < -0.4 is 5.32 Å². The van der Waals surface area contributed by atoms with E-state index in [2.05, 4.69) is 5.32 Å². The molecular weight excluding hydrogens is 200 g/mol. The van der Waals surface area contributed by atoms with Gasteiger partial charge >= 0.3 is 6.09 Å². The Morgan fingerprint density at radius 2 is 2.50 bits per heavy atom. The third-order valence-corrected chi connectivity index (χ3v) is 2.43. The van der Waals surface area contributed by atoms with Crippen LogP contribution in [0.3, 0.4) is 0 Å². The lowest BCUT2D eigenvalue weighted by Gasteiger charge is -2.02. The minimum atomic E-state index is -0.522. The van der Waals surface area contributed by atoms with E-state index in [4.69, 9.17) is 10.00 Å². The van der Waals surface area contributed by atoms with Gasteiger partial charge in [-0.15, -0.1) is 11.3 Å². The minimum Gasteiger partial charge on any atom is -0.450 e. The van der Waals surface area contributed by atoms with Gasteiger partial charge in [-0.3, -0.25) is 5.32 Å². The molecule has 5 heteroatoms. The highest BCUT2D eigenvalue weighted by Crippen LogP contribution is 2.26. The predicted octanol–water partition coefficient (Wildman–Crippen LogP) is 2.50. The van der Waals surface area contributed by atoms with Crippen molar-refractivity contribution < 1.29 is 9.53 Å². The van der Waals surface area contributed by atoms with Crippen LogP contribution in [0.5, 0.6) is 0 Å². The third-order valence-electron chi connectivity index (χ3n) is 1.47. The lowest BCUT2D eigenvalue weighted by Crippen LogP contribution is -2.12. The van der Waals surface area contributed by atoms with Crippen molar-refractivity contribution in [3.8, 4) is 6.07 Å². The molecule has 1 N–H and O–H groups in total. The van der Waals surface area contributed by atoms with Crippen molar-refractivity contribution >= 4 is 22.4 Å². The Morgan fingerprint density at radius 3 is 3.07 bits per heavy atom. The molecule has 0 spiro atoms. The topological polar surface area (TPSA) is 62.1 Å². The smallest absolute Gasteiger partial charge is 0.412 e. The number of nitrogens with zero attached hydrogens (tertiary/aromatic N) is 1. The van der Waals surface area contributed by atoms with E-state index in [-0.39, 0.29) is 0 Å². The standard InChI is InChI=1S/C9H10N2O2S/c1-3-13-9(12)11-8-7(5-10)4-6(2)14-8/h4H,3H2,1-2H3,(H,11,12). The number of anilines is 1. The molecule has 0 saturated carbocycles. The van der Waals surface area contributed by atoms with Crippen molar-refractivity contribution in [1.82, 2.24) is 0 Å². The monoisotopic (exact) mass is 210 g/mol. The number of carbonyl (C=O) groups is 1. The normalized spacial score (nSPS) is 9.21. The second kappa shape index (κ2) is 4.63. The number of nitriles is 1. The molecule has 0 aromatic carbocycles. The summed E-state index contributed by atoms with van der Waals surface area (Å²) in [5, 5.41) is 11.8. The van der Waals surface area contributed by atoms with Crippen molar-refractivity contribution in [3.63, 3.8) is 0 Å². The van der Waals surface area contributed by atoms with Crippen molar-refractivity contribution in [2.75, 3.05) is 11.9 Å². The molecular formula is C9H10N2O2S. The zero-order chi connectivity index (χ0) is 10.6. The molecule has 0 aliphatic heterocycles. The fourth-order valence-corrected chi connectivity index (χ4v) is 1.80. The third kappa shape index (κ3) is 2.47. The maximum absolute atomic E-state index is 11.1. The van der Waals surface area contributed by atoms with E-state index in [1.165, 1.54) is 11.3 Å². The second-order valence-corrected chi connectivity index (χ2v) is 3.81. The van der Waals surface area contributed by atoms with Crippen LogP contribution in [-0.2, 0) is 4.74 Å². The number of aryl methyl sites for hydroxylation is 1. The number of thiophene rings is 1. The van der Waals surface area contributed by atoms with Crippen LogP contribution >= 0.6 is 11.3 Å². The summed E-state index contributed by atoms with van der Waals surface area (Å²) in [6, 6.07) is 3.73. The molecule has 1 aromatic heterocycles. The number of rotatable bonds is 2. The molecule has 0 unspecified atom stereocenters. The quantitative estimate of drug-likeness (QED) is 0.815. The van der Waals surface area contributed by atoms with Crippen molar-refractivity contribution in [2.45, 2.75) is 13.8 Å². The van der Waals surface area contributed by atoms with Gasteiger partial charge in [0.25, 0.3) is 0 Å². The lowest BCUT2D eigenvalue weighted by molar-refractivity contribution is 0.168. The van der Waals surface area contributed by atoms with Crippen LogP contribution in [0.15, 0.2) is 6.07 Å². The molecule has 0 aliphatic carbocycles. The van der Waals surface area contributed by atoms with Gasteiger partial charge < -0.3 is 4.74 Å². The van der Waals surface area contributed by atoms with Gasteiger partial charge in [-0.05, 0) is 19.9 Å². The van der Waals surface area contributed by atoms with Crippen LogP contribution in [0.25, 0.3) is 0 Å². The van der Waals surface area contributed by atoms with Gasteiger partial charge in [0.1, 0.15) is 11.1 Å². The zero-order valence-electron chi connectivity index (χ0n) is 7.96. The first-order valence-corrected chi connectivity index (χ1v) is 4.93. The second-order valence-electron chi connectivity index (χ2n) is 2.56. The Balaban J connectivity index is 2.76. The SMILES string of the molecule is CCOC(=O)Nc1sc(C)cc1C#N. The molecule has 14 heavy (non-hydrogen) atoms. The van der Waals surface area contributed by atoms with Gasteiger partial charge in [-0.1, -0.05) is 0 Å². The molecule has 0 aliphatic rings. The maximum atomic E-state index is 11.1. The van der Waals surface area contributed by atoms with E-state index in [1.807, 2.05) is 13.0 Å². The molecule has 1 amide bonds. The maximum Gasteiger partial charge on any atom is 0.412 e. The summed E-state index contributed by atoms with van der Waals surface area (Å²) in [4.78, 5) is 12.0. The Kier molecular flexibility index (Phi) is 3.48. The highest BCUT2D eigenvalue weighted by Gasteiger charge is 2.09. The molecule has 0 radical (unpaired) electrons. The highest BCUT2D eigenvalue weighted by molar-refractivity contribution is 7.16. The van der Waals surface area contributed by atoms with Gasteiger partial charge in [-0.2, -0.15) is 5.26 Å². The molecule has 1 rings (SSSR count). The molecule has 0 saturated heterocycles. The van der Waals surface area contributed by atoms with E-state index < -0.39 is 6.09 Å². The van der Waals surface area contributed by atoms with E-state index in [1.54, 1.807) is 13.0 Å². The Bertz CT molecular complexity index is 379. The van der Waals surface area contributed by atoms with Gasteiger partial charge in [-0.25, -0.2) is 4.79 Å². The summed E-state index contributed by atoms with van der Waals surface area (Å²) in [6.45, 7) is 3.92. The number of carbonyl (C=O) groups excluding carboxylic acids is 1. The van der Waals surface area contributed by atoms with Gasteiger partial charge in [0, 0.05) is 4.88 Å².